The number of aliphatic imine (C=N–C) groups is 1. The van der Waals surface area contributed by atoms with E-state index in [-0.39, 0.29) is 12.0 Å². The summed E-state index contributed by atoms with van der Waals surface area (Å²) in [7, 11) is 0. The highest BCUT2D eigenvalue weighted by atomic mass is 16.3. The van der Waals surface area contributed by atoms with Crippen molar-refractivity contribution < 1.29 is 5.11 Å². The van der Waals surface area contributed by atoms with Gasteiger partial charge >= 0.3 is 0 Å². The lowest BCUT2D eigenvalue weighted by atomic mass is 9.79. The molecule has 0 radical (unpaired) electrons. The van der Waals surface area contributed by atoms with Gasteiger partial charge in [-0.2, -0.15) is 0 Å². The molecule has 3 N–H and O–H groups in total. The molecule has 0 bridgehead atoms. The Morgan fingerprint density at radius 1 is 1.29 bits per heavy atom. The van der Waals surface area contributed by atoms with Gasteiger partial charge in [0, 0.05) is 45.4 Å². The van der Waals surface area contributed by atoms with E-state index in [9.17, 15) is 5.11 Å². The summed E-state index contributed by atoms with van der Waals surface area (Å²) in [5.74, 6) is 0.920. The molecule has 1 aliphatic heterocycles. The molecular weight excluding hydrogens is 300 g/mol. The van der Waals surface area contributed by atoms with Crippen LogP contribution in [-0.4, -0.2) is 61.3 Å². The van der Waals surface area contributed by atoms with Crippen LogP contribution in [0.25, 0.3) is 0 Å². The van der Waals surface area contributed by atoms with E-state index in [2.05, 4.69) is 42.9 Å². The number of guanidine groups is 1. The van der Waals surface area contributed by atoms with Crippen molar-refractivity contribution in [2.75, 3.05) is 39.3 Å². The molecule has 1 rings (SSSR count). The van der Waals surface area contributed by atoms with Crippen molar-refractivity contribution in [1.29, 1.82) is 0 Å². The van der Waals surface area contributed by atoms with Crippen LogP contribution in [0, 0.1) is 5.41 Å². The molecule has 0 unspecified atom stereocenters. The van der Waals surface area contributed by atoms with Gasteiger partial charge in [-0.25, -0.2) is 0 Å². The highest BCUT2D eigenvalue weighted by Crippen LogP contribution is 2.30. The third-order valence-electron chi connectivity index (χ3n) is 5.37. The van der Waals surface area contributed by atoms with Gasteiger partial charge in [0.05, 0.1) is 0 Å². The largest absolute Gasteiger partial charge is 0.396 e. The minimum Gasteiger partial charge on any atom is -0.396 e. The number of aliphatic hydroxyl groups excluding tert-OH is 1. The Labute approximate surface area is 148 Å². The van der Waals surface area contributed by atoms with Crippen molar-refractivity contribution >= 4 is 5.96 Å². The number of hydrogen-bond acceptors (Lipinski definition) is 3. The standard InChI is InChI=1S/C19H38N4O/c1-5-12-23-13-9-17(10-14-23)22-18(20-8-4)21-16-19(6-2,7-3)11-15-24/h5,17,24H,1,6-16H2,2-4H3,(H2,20,21,22). The SMILES string of the molecule is C=CCN1CCC(NC(=NCC(CC)(CC)CCO)NCC)CC1. The molecule has 0 saturated carbocycles. The van der Waals surface area contributed by atoms with Crippen molar-refractivity contribution in [2.45, 2.75) is 58.9 Å². The Kier molecular flexibility index (Phi) is 10.0. The van der Waals surface area contributed by atoms with Crippen LogP contribution in [0.15, 0.2) is 17.6 Å². The molecule has 0 aromatic rings. The lowest BCUT2D eigenvalue weighted by Crippen LogP contribution is -2.49. The number of nitrogens with zero attached hydrogens (tertiary/aromatic N) is 2. The zero-order valence-corrected chi connectivity index (χ0v) is 16.0. The van der Waals surface area contributed by atoms with Crippen LogP contribution in [0.4, 0.5) is 0 Å². The zero-order chi connectivity index (χ0) is 17.8. The Balaban J connectivity index is 2.61. The zero-order valence-electron chi connectivity index (χ0n) is 16.0. The number of hydrogen-bond donors (Lipinski definition) is 3. The molecule has 0 spiro atoms. The van der Waals surface area contributed by atoms with Crippen LogP contribution in [0.2, 0.25) is 0 Å². The Hall–Kier alpha value is -1.07. The van der Waals surface area contributed by atoms with E-state index < -0.39 is 0 Å². The first-order valence-electron chi connectivity index (χ1n) is 9.62. The van der Waals surface area contributed by atoms with Crippen molar-refractivity contribution in [2.24, 2.45) is 10.4 Å². The van der Waals surface area contributed by atoms with Crippen LogP contribution in [0.1, 0.15) is 52.9 Å². The molecule has 0 amide bonds. The topological polar surface area (TPSA) is 59.9 Å². The first kappa shape index (κ1) is 21.0. The van der Waals surface area contributed by atoms with Crippen LogP contribution >= 0.6 is 0 Å². The van der Waals surface area contributed by atoms with Gasteiger partial charge in [-0.3, -0.25) is 9.89 Å². The van der Waals surface area contributed by atoms with E-state index in [1.165, 1.54) is 0 Å². The van der Waals surface area contributed by atoms with E-state index in [0.29, 0.717) is 6.04 Å². The molecule has 0 aromatic heterocycles. The van der Waals surface area contributed by atoms with Gasteiger partial charge in [-0.15, -0.1) is 6.58 Å². The van der Waals surface area contributed by atoms with Crippen molar-refractivity contribution in [3.8, 4) is 0 Å². The number of nitrogens with one attached hydrogen (secondary N) is 2. The number of piperidine rings is 1. The van der Waals surface area contributed by atoms with Gasteiger partial charge in [0.15, 0.2) is 5.96 Å². The first-order valence-corrected chi connectivity index (χ1v) is 9.62. The van der Waals surface area contributed by atoms with Crippen LogP contribution in [0.3, 0.4) is 0 Å². The first-order chi connectivity index (χ1) is 11.6. The molecule has 1 saturated heterocycles. The van der Waals surface area contributed by atoms with Crippen molar-refractivity contribution in [3.05, 3.63) is 12.7 Å². The van der Waals surface area contributed by atoms with E-state index >= 15 is 0 Å². The summed E-state index contributed by atoms with van der Waals surface area (Å²) < 4.78 is 0. The fourth-order valence-electron chi connectivity index (χ4n) is 3.35. The van der Waals surface area contributed by atoms with Gasteiger partial charge in [0.25, 0.3) is 0 Å². The molecule has 24 heavy (non-hydrogen) atoms. The summed E-state index contributed by atoms with van der Waals surface area (Å²) in [5.41, 5.74) is 0.116. The minimum absolute atomic E-state index is 0.116. The average Bonchev–Trinajstić information content (AvgIpc) is 2.60. The molecule has 140 valence electrons. The predicted molar refractivity (Wildman–Crippen MR) is 103 cm³/mol. The van der Waals surface area contributed by atoms with Crippen molar-refractivity contribution in [3.63, 3.8) is 0 Å². The molecule has 5 heteroatoms. The highest BCUT2D eigenvalue weighted by Gasteiger charge is 2.26. The Morgan fingerprint density at radius 3 is 2.46 bits per heavy atom. The predicted octanol–water partition coefficient (Wildman–Crippen LogP) is 2.38. The molecule has 0 aliphatic carbocycles. The highest BCUT2D eigenvalue weighted by molar-refractivity contribution is 5.80. The summed E-state index contributed by atoms with van der Waals surface area (Å²) in [6.07, 6.45) is 7.18. The smallest absolute Gasteiger partial charge is 0.191 e. The normalized spacial score (nSPS) is 17.8. The summed E-state index contributed by atoms with van der Waals surface area (Å²) >= 11 is 0. The molecule has 0 aromatic carbocycles. The maximum atomic E-state index is 9.37. The van der Waals surface area contributed by atoms with Gasteiger partial charge in [-0.05, 0) is 44.4 Å². The molecule has 1 heterocycles. The second kappa shape index (κ2) is 11.5. The molecule has 0 atom stereocenters. The second-order valence-electron chi connectivity index (χ2n) is 6.88. The summed E-state index contributed by atoms with van der Waals surface area (Å²) in [6, 6.07) is 0.486. The molecular formula is C19H38N4O. The Morgan fingerprint density at radius 2 is 1.96 bits per heavy atom. The second-order valence-corrected chi connectivity index (χ2v) is 6.88. The fraction of sp³-hybridized carbons (Fsp3) is 0.842. The summed E-state index contributed by atoms with van der Waals surface area (Å²) in [6.45, 7) is 15.4. The average molecular weight is 339 g/mol. The summed E-state index contributed by atoms with van der Waals surface area (Å²) in [4.78, 5) is 7.29. The third-order valence-corrected chi connectivity index (χ3v) is 5.37. The third kappa shape index (κ3) is 6.81. The monoisotopic (exact) mass is 338 g/mol. The Bertz CT molecular complexity index is 372. The maximum Gasteiger partial charge on any atom is 0.191 e. The molecule has 1 aliphatic rings. The molecule has 5 nitrogen and oxygen atoms in total. The van der Waals surface area contributed by atoms with Crippen LogP contribution < -0.4 is 10.6 Å². The number of rotatable bonds is 10. The number of likely N-dealkylation sites (tertiary alicyclic amines) is 1. The maximum absolute atomic E-state index is 9.37. The fourth-order valence-corrected chi connectivity index (χ4v) is 3.35. The van der Waals surface area contributed by atoms with Crippen LogP contribution in [-0.2, 0) is 0 Å². The van der Waals surface area contributed by atoms with Gasteiger partial charge in [-0.1, -0.05) is 19.9 Å². The van der Waals surface area contributed by atoms with E-state index in [1.807, 2.05) is 6.08 Å². The van der Waals surface area contributed by atoms with E-state index in [0.717, 1.165) is 70.8 Å². The van der Waals surface area contributed by atoms with Crippen molar-refractivity contribution in [1.82, 2.24) is 15.5 Å². The lowest BCUT2D eigenvalue weighted by molar-refractivity contribution is 0.175. The number of aliphatic hydroxyl groups is 1. The molecule has 1 fully saturated rings. The van der Waals surface area contributed by atoms with Gasteiger partial charge in [0.1, 0.15) is 0 Å². The summed E-state index contributed by atoms with van der Waals surface area (Å²) in [5, 5.41) is 16.4. The van der Waals surface area contributed by atoms with E-state index in [4.69, 9.17) is 4.99 Å². The van der Waals surface area contributed by atoms with E-state index in [1.54, 1.807) is 0 Å². The quantitative estimate of drug-likeness (QED) is 0.325. The lowest BCUT2D eigenvalue weighted by Gasteiger charge is -2.33. The van der Waals surface area contributed by atoms with Gasteiger partial charge < -0.3 is 15.7 Å². The van der Waals surface area contributed by atoms with Crippen LogP contribution in [0.5, 0.6) is 0 Å². The van der Waals surface area contributed by atoms with Gasteiger partial charge in [0.2, 0.25) is 0 Å². The minimum atomic E-state index is 0.116.